The Hall–Kier alpha value is -3.40. The van der Waals surface area contributed by atoms with Gasteiger partial charge in [-0.15, -0.1) is 0 Å². The molecule has 1 atom stereocenters. The van der Waals surface area contributed by atoms with Crippen LogP contribution in [-0.4, -0.2) is 28.3 Å². The highest BCUT2D eigenvalue weighted by molar-refractivity contribution is 5.88. The number of nitrogens with zero attached hydrogens (tertiary/aromatic N) is 1. The highest BCUT2D eigenvalue weighted by atomic mass is 16.2. The lowest BCUT2D eigenvalue weighted by Gasteiger charge is -2.32. The smallest absolute Gasteiger partial charge is 0.242 e. The molecule has 4 nitrogen and oxygen atoms in total. The number of hydrogen-bond donors (Lipinski definition) is 1. The Kier molecular flexibility index (Phi) is 8.05. The Balaban J connectivity index is 1.91. The molecule has 0 saturated heterocycles. The molecule has 3 aromatic carbocycles. The predicted octanol–water partition coefficient (Wildman–Crippen LogP) is 5.54. The molecule has 0 bridgehead atoms. The third-order valence-electron chi connectivity index (χ3n) is 5.64. The van der Waals surface area contributed by atoms with Gasteiger partial charge in [0.25, 0.3) is 0 Å². The lowest BCUT2D eigenvalue weighted by molar-refractivity contribution is -0.141. The zero-order valence-electron chi connectivity index (χ0n) is 20.0. The number of carbonyl (C=O) groups is 2. The Morgan fingerprint density at radius 3 is 1.70 bits per heavy atom. The Morgan fingerprint density at radius 2 is 1.24 bits per heavy atom. The molecule has 3 rings (SSSR count). The fourth-order valence-electron chi connectivity index (χ4n) is 3.93. The molecule has 0 aromatic heterocycles. The van der Waals surface area contributed by atoms with E-state index in [2.05, 4.69) is 29.6 Å². The zero-order valence-corrected chi connectivity index (χ0v) is 20.0. The number of amides is 2. The summed E-state index contributed by atoms with van der Waals surface area (Å²) in [6, 6.07) is 29.4. The van der Waals surface area contributed by atoms with Gasteiger partial charge in [-0.05, 0) is 44.4 Å². The van der Waals surface area contributed by atoms with Crippen LogP contribution in [0.4, 0.5) is 0 Å². The molecule has 0 saturated carbocycles. The number of benzene rings is 3. The van der Waals surface area contributed by atoms with Gasteiger partial charge in [0.1, 0.15) is 6.04 Å². The summed E-state index contributed by atoms with van der Waals surface area (Å²) in [5, 5.41) is 3.02. The van der Waals surface area contributed by atoms with Crippen LogP contribution in [-0.2, 0) is 16.1 Å². The van der Waals surface area contributed by atoms with Crippen LogP contribution in [0.15, 0.2) is 91.0 Å². The number of hydrogen-bond acceptors (Lipinski definition) is 2. The molecule has 0 heterocycles. The molecule has 2 amide bonds. The van der Waals surface area contributed by atoms with Crippen LogP contribution in [0.2, 0.25) is 0 Å². The molecule has 33 heavy (non-hydrogen) atoms. The maximum Gasteiger partial charge on any atom is 0.242 e. The van der Waals surface area contributed by atoms with Crippen LogP contribution in [0.25, 0.3) is 0 Å². The van der Waals surface area contributed by atoms with Crippen LogP contribution >= 0.6 is 0 Å². The van der Waals surface area contributed by atoms with Crippen molar-refractivity contribution in [2.24, 2.45) is 0 Å². The topological polar surface area (TPSA) is 49.4 Å². The monoisotopic (exact) mass is 442 g/mol. The summed E-state index contributed by atoms with van der Waals surface area (Å²) in [6.45, 7) is 8.03. The second-order valence-corrected chi connectivity index (χ2v) is 9.50. The lowest BCUT2D eigenvalue weighted by Crippen LogP contribution is -2.52. The molecule has 0 spiro atoms. The van der Waals surface area contributed by atoms with Gasteiger partial charge in [-0.3, -0.25) is 9.59 Å². The normalized spacial score (nSPS) is 12.3. The second-order valence-electron chi connectivity index (χ2n) is 9.50. The average Bonchev–Trinajstić information content (AvgIpc) is 2.81. The quantitative estimate of drug-likeness (QED) is 0.498. The van der Waals surface area contributed by atoms with E-state index in [4.69, 9.17) is 0 Å². The van der Waals surface area contributed by atoms with Crippen LogP contribution in [0.3, 0.4) is 0 Å². The molecule has 0 aliphatic heterocycles. The van der Waals surface area contributed by atoms with Crippen LogP contribution in [0.1, 0.15) is 56.7 Å². The summed E-state index contributed by atoms with van der Waals surface area (Å²) in [4.78, 5) is 28.5. The van der Waals surface area contributed by atoms with E-state index in [0.717, 1.165) is 16.7 Å². The van der Waals surface area contributed by atoms with Crippen molar-refractivity contribution in [3.63, 3.8) is 0 Å². The van der Waals surface area contributed by atoms with Gasteiger partial charge in [0.05, 0.1) is 0 Å². The summed E-state index contributed by atoms with van der Waals surface area (Å²) in [6.07, 6.45) is 0.286. The molecule has 0 aliphatic rings. The predicted molar refractivity (Wildman–Crippen MR) is 134 cm³/mol. The Labute approximate surface area is 197 Å². The molecule has 0 aliphatic carbocycles. The molecule has 0 unspecified atom stereocenters. The molecule has 0 radical (unpaired) electrons. The summed E-state index contributed by atoms with van der Waals surface area (Å²) in [5.41, 5.74) is 2.80. The summed E-state index contributed by atoms with van der Waals surface area (Å²) in [5.74, 6) is -0.285. The van der Waals surface area contributed by atoms with Crippen molar-refractivity contribution in [3.05, 3.63) is 108 Å². The van der Waals surface area contributed by atoms with Crippen molar-refractivity contribution >= 4 is 11.8 Å². The first-order chi connectivity index (χ1) is 15.7. The minimum absolute atomic E-state index is 0.0480. The maximum absolute atomic E-state index is 13.8. The minimum atomic E-state index is -0.593. The van der Waals surface area contributed by atoms with Crippen molar-refractivity contribution in [3.8, 4) is 0 Å². The Morgan fingerprint density at radius 1 is 0.788 bits per heavy atom. The molecule has 0 fully saturated rings. The second kappa shape index (κ2) is 11.0. The summed E-state index contributed by atoms with van der Waals surface area (Å²) >= 11 is 0. The highest BCUT2D eigenvalue weighted by Crippen LogP contribution is 2.29. The molecule has 3 aromatic rings. The molecule has 1 N–H and O–H groups in total. The number of rotatable bonds is 8. The average molecular weight is 443 g/mol. The first-order valence-electron chi connectivity index (χ1n) is 11.5. The maximum atomic E-state index is 13.8. The van der Waals surface area contributed by atoms with Crippen LogP contribution in [0.5, 0.6) is 0 Å². The van der Waals surface area contributed by atoms with Gasteiger partial charge in [0.15, 0.2) is 0 Å². The Bertz CT molecular complexity index is 988. The van der Waals surface area contributed by atoms with E-state index in [1.165, 1.54) is 0 Å². The fourth-order valence-corrected chi connectivity index (χ4v) is 3.93. The SMILES string of the molecule is C[C@H](C(=O)NC(C)(C)C)N(Cc1ccccc1)C(=O)CC(c1ccccc1)c1ccccc1. The fraction of sp³-hybridized carbons (Fsp3) is 0.310. The van der Waals surface area contributed by atoms with Gasteiger partial charge in [0.2, 0.25) is 11.8 Å². The van der Waals surface area contributed by atoms with E-state index in [9.17, 15) is 9.59 Å². The van der Waals surface area contributed by atoms with Crippen LogP contribution < -0.4 is 5.32 Å². The number of carbonyl (C=O) groups excluding carboxylic acids is 2. The minimum Gasteiger partial charge on any atom is -0.350 e. The van der Waals surface area contributed by atoms with Crippen molar-refractivity contribution in [2.75, 3.05) is 0 Å². The molecule has 172 valence electrons. The van der Waals surface area contributed by atoms with E-state index in [1.54, 1.807) is 4.90 Å². The van der Waals surface area contributed by atoms with E-state index in [1.807, 2.05) is 94.4 Å². The molecular formula is C29H34N2O2. The van der Waals surface area contributed by atoms with Crippen molar-refractivity contribution < 1.29 is 9.59 Å². The van der Waals surface area contributed by atoms with E-state index in [0.29, 0.717) is 6.54 Å². The largest absolute Gasteiger partial charge is 0.350 e. The standard InChI is InChI=1S/C29H34N2O2/c1-22(28(33)30-29(2,3)4)31(21-23-14-8-5-9-15-23)27(32)20-26(24-16-10-6-11-17-24)25-18-12-7-13-19-25/h5-19,22,26H,20-21H2,1-4H3,(H,30,33)/t22-/m1/s1. The van der Waals surface area contributed by atoms with Crippen LogP contribution in [0, 0.1) is 0 Å². The van der Waals surface area contributed by atoms with Gasteiger partial charge in [0, 0.05) is 24.4 Å². The van der Waals surface area contributed by atoms with Gasteiger partial charge in [-0.25, -0.2) is 0 Å². The van der Waals surface area contributed by atoms with E-state index < -0.39 is 6.04 Å². The lowest BCUT2D eigenvalue weighted by atomic mass is 9.88. The third-order valence-corrected chi connectivity index (χ3v) is 5.64. The highest BCUT2D eigenvalue weighted by Gasteiger charge is 2.30. The molecule has 4 heteroatoms. The van der Waals surface area contributed by atoms with Crippen molar-refractivity contribution in [1.82, 2.24) is 10.2 Å². The third kappa shape index (κ3) is 7.04. The first-order valence-corrected chi connectivity index (χ1v) is 11.5. The van der Waals surface area contributed by atoms with Crippen molar-refractivity contribution in [1.29, 1.82) is 0 Å². The summed E-state index contributed by atoms with van der Waals surface area (Å²) in [7, 11) is 0. The van der Waals surface area contributed by atoms with E-state index >= 15 is 0 Å². The molecular weight excluding hydrogens is 408 g/mol. The number of nitrogens with one attached hydrogen (secondary N) is 1. The van der Waals surface area contributed by atoms with Crippen molar-refractivity contribution in [2.45, 2.75) is 58.2 Å². The summed E-state index contributed by atoms with van der Waals surface area (Å²) < 4.78 is 0. The zero-order chi connectivity index (χ0) is 23.8. The first kappa shape index (κ1) is 24.2. The van der Waals surface area contributed by atoms with Gasteiger partial charge in [-0.1, -0.05) is 91.0 Å². The van der Waals surface area contributed by atoms with Gasteiger partial charge < -0.3 is 10.2 Å². The van der Waals surface area contributed by atoms with Gasteiger partial charge in [-0.2, -0.15) is 0 Å². The van der Waals surface area contributed by atoms with Gasteiger partial charge >= 0.3 is 0 Å². The van der Waals surface area contributed by atoms with E-state index in [-0.39, 0.29) is 29.7 Å².